The zero-order valence-corrected chi connectivity index (χ0v) is 14.1. The number of rotatable bonds is 3. The molecule has 0 atom stereocenters. The summed E-state index contributed by atoms with van der Waals surface area (Å²) in [5.41, 5.74) is 0. The maximum Gasteiger partial charge on any atom is 0.243 e. The fourth-order valence-corrected chi connectivity index (χ4v) is 4.47. The molecule has 0 bridgehead atoms. The molecule has 1 aromatic rings. The Kier molecular flexibility index (Phi) is 4.62. The van der Waals surface area contributed by atoms with Gasteiger partial charge in [-0.05, 0) is 37.5 Å². The van der Waals surface area contributed by atoms with E-state index >= 15 is 0 Å². The Morgan fingerprint density at radius 1 is 1.17 bits per heavy atom. The molecular formula is C15H18ClFN2O3S. The van der Waals surface area contributed by atoms with E-state index in [1.807, 2.05) is 0 Å². The molecule has 0 unspecified atom stereocenters. The first-order valence-corrected chi connectivity index (χ1v) is 9.45. The molecule has 8 heteroatoms. The summed E-state index contributed by atoms with van der Waals surface area (Å²) in [4.78, 5) is 13.9. The molecule has 0 aromatic heterocycles. The highest BCUT2D eigenvalue weighted by Gasteiger charge is 2.35. The minimum atomic E-state index is -3.73. The second kappa shape index (κ2) is 6.37. The molecule has 2 fully saturated rings. The number of halogens is 2. The Labute approximate surface area is 140 Å². The van der Waals surface area contributed by atoms with Crippen LogP contribution in [0.25, 0.3) is 0 Å². The number of sulfonamides is 1. The van der Waals surface area contributed by atoms with Crippen molar-refractivity contribution < 1.29 is 17.6 Å². The second-order valence-corrected chi connectivity index (χ2v) is 8.28. The molecular weight excluding hydrogens is 343 g/mol. The van der Waals surface area contributed by atoms with Gasteiger partial charge in [0, 0.05) is 32.1 Å². The van der Waals surface area contributed by atoms with Crippen LogP contribution in [0.4, 0.5) is 4.39 Å². The number of carbonyl (C=O) groups is 1. The van der Waals surface area contributed by atoms with Crippen molar-refractivity contribution in [3.05, 3.63) is 29.0 Å². The van der Waals surface area contributed by atoms with E-state index in [-0.39, 0.29) is 28.3 Å². The average molecular weight is 361 g/mol. The monoisotopic (exact) mass is 360 g/mol. The summed E-state index contributed by atoms with van der Waals surface area (Å²) in [7, 11) is -3.73. The van der Waals surface area contributed by atoms with Crippen LogP contribution in [-0.4, -0.2) is 49.7 Å². The molecule has 126 valence electrons. The molecule has 5 nitrogen and oxygen atoms in total. The Hall–Kier alpha value is -1.18. The van der Waals surface area contributed by atoms with Gasteiger partial charge in [0.15, 0.2) is 0 Å². The fraction of sp³-hybridized carbons (Fsp3) is 0.533. The summed E-state index contributed by atoms with van der Waals surface area (Å²) < 4.78 is 39.9. The Bertz CT molecular complexity index is 721. The minimum absolute atomic E-state index is 0.0223. The number of benzene rings is 1. The fourth-order valence-electron chi connectivity index (χ4n) is 2.73. The zero-order valence-electron chi connectivity index (χ0n) is 12.5. The lowest BCUT2D eigenvalue weighted by Crippen LogP contribution is -2.37. The number of carbonyl (C=O) groups excluding carboxylic acids is 1. The Morgan fingerprint density at radius 3 is 2.57 bits per heavy atom. The van der Waals surface area contributed by atoms with Gasteiger partial charge in [0.1, 0.15) is 5.82 Å². The van der Waals surface area contributed by atoms with E-state index in [1.165, 1.54) is 10.4 Å². The van der Waals surface area contributed by atoms with Crippen molar-refractivity contribution in [2.75, 3.05) is 26.2 Å². The van der Waals surface area contributed by atoms with Crippen molar-refractivity contribution >= 4 is 27.5 Å². The highest BCUT2D eigenvalue weighted by molar-refractivity contribution is 7.89. The summed E-state index contributed by atoms with van der Waals surface area (Å²) in [5, 5.41) is -0.216. The predicted octanol–water partition coefficient (Wildman–Crippen LogP) is 2.11. The van der Waals surface area contributed by atoms with Crippen molar-refractivity contribution in [2.45, 2.75) is 24.2 Å². The molecule has 0 N–H and O–H groups in total. The van der Waals surface area contributed by atoms with Crippen LogP contribution < -0.4 is 0 Å². The molecule has 23 heavy (non-hydrogen) atoms. The van der Waals surface area contributed by atoms with Gasteiger partial charge in [-0.15, -0.1) is 0 Å². The zero-order chi connectivity index (χ0) is 16.6. The molecule has 1 saturated heterocycles. The number of nitrogens with zero attached hydrogens (tertiary/aromatic N) is 2. The topological polar surface area (TPSA) is 57.7 Å². The van der Waals surface area contributed by atoms with Crippen molar-refractivity contribution in [3.8, 4) is 0 Å². The smallest absolute Gasteiger partial charge is 0.243 e. The van der Waals surface area contributed by atoms with Crippen LogP contribution in [0.15, 0.2) is 23.1 Å². The van der Waals surface area contributed by atoms with Gasteiger partial charge in [0.25, 0.3) is 0 Å². The first kappa shape index (κ1) is 16.7. The Balaban J connectivity index is 1.75. The Morgan fingerprint density at radius 2 is 1.91 bits per heavy atom. The third-order valence-corrected chi connectivity index (χ3v) is 6.41. The summed E-state index contributed by atoms with van der Waals surface area (Å²) in [6, 6.07) is 3.40. The van der Waals surface area contributed by atoms with Gasteiger partial charge in [-0.1, -0.05) is 11.6 Å². The van der Waals surface area contributed by atoms with E-state index in [9.17, 15) is 17.6 Å². The lowest BCUT2D eigenvalue weighted by atomic mass is 10.3. The molecule has 0 spiro atoms. The maximum absolute atomic E-state index is 13.2. The van der Waals surface area contributed by atoms with Crippen molar-refractivity contribution in [2.24, 2.45) is 5.92 Å². The SMILES string of the molecule is O=C(C1CC1)N1CCCN(S(=O)(=O)c2ccc(F)c(Cl)c2)CC1. The van der Waals surface area contributed by atoms with Gasteiger partial charge in [-0.25, -0.2) is 12.8 Å². The highest BCUT2D eigenvalue weighted by atomic mass is 35.5. The van der Waals surface area contributed by atoms with E-state index < -0.39 is 15.8 Å². The third kappa shape index (κ3) is 3.51. The number of amides is 1. The van der Waals surface area contributed by atoms with Crippen molar-refractivity contribution in [3.63, 3.8) is 0 Å². The lowest BCUT2D eigenvalue weighted by Gasteiger charge is -2.22. The molecule has 1 aliphatic heterocycles. The van der Waals surface area contributed by atoms with Crippen LogP contribution in [0.1, 0.15) is 19.3 Å². The summed E-state index contributed by atoms with van der Waals surface area (Å²) in [6.45, 7) is 1.55. The van der Waals surface area contributed by atoms with E-state index in [0.29, 0.717) is 26.1 Å². The average Bonchev–Trinajstić information content (AvgIpc) is 3.35. The van der Waals surface area contributed by atoms with E-state index in [4.69, 9.17) is 11.6 Å². The van der Waals surface area contributed by atoms with Crippen molar-refractivity contribution in [1.82, 2.24) is 9.21 Å². The molecule has 1 aliphatic carbocycles. The van der Waals surface area contributed by atoms with Crippen LogP contribution in [0, 0.1) is 11.7 Å². The molecule has 1 amide bonds. The van der Waals surface area contributed by atoms with Crippen molar-refractivity contribution in [1.29, 1.82) is 0 Å². The standard InChI is InChI=1S/C15H18ClFN2O3S/c16-13-10-12(4-5-14(13)17)23(21,22)19-7-1-6-18(8-9-19)15(20)11-2-3-11/h4-5,10-11H,1-3,6-9H2. The van der Waals surface area contributed by atoms with Crippen LogP contribution >= 0.6 is 11.6 Å². The molecule has 1 heterocycles. The summed E-state index contributed by atoms with van der Waals surface area (Å²) in [5.74, 6) is -0.383. The van der Waals surface area contributed by atoms with Gasteiger partial charge in [-0.3, -0.25) is 4.79 Å². The largest absolute Gasteiger partial charge is 0.341 e. The second-order valence-electron chi connectivity index (χ2n) is 5.93. The number of hydrogen-bond donors (Lipinski definition) is 0. The molecule has 0 radical (unpaired) electrons. The van der Waals surface area contributed by atoms with Crippen LogP contribution in [0.3, 0.4) is 0 Å². The van der Waals surface area contributed by atoms with Crippen LogP contribution in [-0.2, 0) is 14.8 Å². The van der Waals surface area contributed by atoms with Crippen LogP contribution in [0.2, 0.25) is 5.02 Å². The van der Waals surface area contributed by atoms with Gasteiger partial charge in [0.05, 0.1) is 9.92 Å². The summed E-state index contributed by atoms with van der Waals surface area (Å²) in [6.07, 6.45) is 2.46. The highest BCUT2D eigenvalue weighted by Crippen LogP contribution is 2.31. The summed E-state index contributed by atoms with van der Waals surface area (Å²) >= 11 is 5.69. The maximum atomic E-state index is 13.2. The van der Waals surface area contributed by atoms with Crippen LogP contribution in [0.5, 0.6) is 0 Å². The van der Waals surface area contributed by atoms with Gasteiger partial charge >= 0.3 is 0 Å². The van der Waals surface area contributed by atoms with Gasteiger partial charge in [-0.2, -0.15) is 4.31 Å². The minimum Gasteiger partial charge on any atom is -0.341 e. The molecule has 2 aliphatic rings. The lowest BCUT2D eigenvalue weighted by molar-refractivity contribution is -0.132. The van der Waals surface area contributed by atoms with Gasteiger partial charge < -0.3 is 4.90 Å². The predicted molar refractivity (Wildman–Crippen MR) is 84.1 cm³/mol. The van der Waals surface area contributed by atoms with E-state index in [0.717, 1.165) is 25.0 Å². The quantitative estimate of drug-likeness (QED) is 0.829. The molecule has 1 aromatic carbocycles. The van der Waals surface area contributed by atoms with E-state index in [2.05, 4.69) is 0 Å². The molecule has 1 saturated carbocycles. The third-order valence-electron chi connectivity index (χ3n) is 4.22. The van der Waals surface area contributed by atoms with E-state index in [1.54, 1.807) is 4.90 Å². The normalized spacial score (nSPS) is 20.3. The molecule has 3 rings (SSSR count). The first-order chi connectivity index (χ1) is 10.9. The number of hydrogen-bond acceptors (Lipinski definition) is 3. The first-order valence-electron chi connectivity index (χ1n) is 7.63. The van der Waals surface area contributed by atoms with Gasteiger partial charge in [0.2, 0.25) is 15.9 Å².